The number of aliphatic hydroxyl groups is 1. The van der Waals surface area contributed by atoms with E-state index >= 15 is 0 Å². The lowest BCUT2D eigenvalue weighted by molar-refractivity contribution is -0.129. The molecule has 1 aliphatic carbocycles. The Labute approximate surface area is 114 Å². The molecule has 0 spiro atoms. The van der Waals surface area contributed by atoms with Gasteiger partial charge in [-0.25, -0.2) is 0 Å². The van der Waals surface area contributed by atoms with Gasteiger partial charge < -0.3 is 15.7 Å². The van der Waals surface area contributed by atoms with Gasteiger partial charge in [0.1, 0.15) is 0 Å². The Kier molecular flexibility index (Phi) is 4.80. The van der Waals surface area contributed by atoms with E-state index in [9.17, 15) is 14.7 Å². The van der Waals surface area contributed by atoms with E-state index in [0.717, 1.165) is 25.7 Å². The molecule has 1 saturated carbocycles. The van der Waals surface area contributed by atoms with Gasteiger partial charge in [-0.3, -0.25) is 9.59 Å². The Hall–Kier alpha value is -1.10. The molecule has 0 aromatic carbocycles. The summed E-state index contributed by atoms with van der Waals surface area (Å²) in [5.74, 6) is -0.0707. The van der Waals surface area contributed by atoms with Crippen LogP contribution < -0.4 is 10.6 Å². The molecule has 3 N–H and O–H groups in total. The van der Waals surface area contributed by atoms with Crippen LogP contribution in [0.4, 0.5) is 0 Å². The molecule has 2 aliphatic rings. The number of carbonyl (C=O) groups excluding carboxylic acids is 2. The monoisotopic (exact) mass is 268 g/mol. The average Bonchev–Trinajstić information content (AvgIpc) is 2.46. The van der Waals surface area contributed by atoms with Crippen molar-refractivity contribution in [1.82, 2.24) is 10.6 Å². The highest BCUT2D eigenvalue weighted by Gasteiger charge is 2.33. The lowest BCUT2D eigenvalue weighted by Crippen LogP contribution is -2.47. The first-order valence-corrected chi connectivity index (χ1v) is 7.30. The number of aliphatic hydroxyl groups excluding tert-OH is 1. The van der Waals surface area contributed by atoms with Crippen LogP contribution in [0, 0.1) is 11.3 Å². The fourth-order valence-corrected chi connectivity index (χ4v) is 3.07. The van der Waals surface area contributed by atoms with Gasteiger partial charge in [-0.05, 0) is 19.3 Å². The molecule has 1 saturated heterocycles. The number of hydrogen-bond donors (Lipinski definition) is 3. The van der Waals surface area contributed by atoms with E-state index in [1.807, 2.05) is 0 Å². The Balaban J connectivity index is 1.80. The molecule has 2 fully saturated rings. The number of hydrogen-bond acceptors (Lipinski definition) is 3. The van der Waals surface area contributed by atoms with Gasteiger partial charge in [0.2, 0.25) is 11.8 Å². The number of carbonyl (C=O) groups is 2. The van der Waals surface area contributed by atoms with Crippen molar-refractivity contribution in [2.45, 2.75) is 44.9 Å². The van der Waals surface area contributed by atoms with Crippen molar-refractivity contribution in [3.8, 4) is 0 Å². The molecule has 1 atom stereocenters. The third kappa shape index (κ3) is 3.69. The van der Waals surface area contributed by atoms with Gasteiger partial charge in [0.05, 0.1) is 12.5 Å². The second kappa shape index (κ2) is 6.37. The fourth-order valence-electron chi connectivity index (χ4n) is 3.07. The first kappa shape index (κ1) is 14.3. The molecular formula is C14H24N2O3. The number of rotatable bonds is 4. The number of amides is 2. The minimum Gasteiger partial charge on any atom is -0.396 e. The zero-order chi connectivity index (χ0) is 13.7. The van der Waals surface area contributed by atoms with Gasteiger partial charge in [-0.1, -0.05) is 19.3 Å². The summed E-state index contributed by atoms with van der Waals surface area (Å²) in [5, 5.41) is 15.3. The lowest BCUT2D eigenvalue weighted by Gasteiger charge is -2.36. The largest absolute Gasteiger partial charge is 0.396 e. The third-order valence-corrected chi connectivity index (χ3v) is 4.52. The summed E-state index contributed by atoms with van der Waals surface area (Å²) in [5.41, 5.74) is -0.119. The predicted octanol–water partition coefficient (Wildman–Crippen LogP) is 0.572. The normalized spacial score (nSPS) is 26.6. The van der Waals surface area contributed by atoms with Crippen LogP contribution in [0.15, 0.2) is 0 Å². The third-order valence-electron chi connectivity index (χ3n) is 4.52. The van der Waals surface area contributed by atoms with Crippen molar-refractivity contribution >= 4 is 11.8 Å². The minimum absolute atomic E-state index is 0.0124. The van der Waals surface area contributed by atoms with Crippen LogP contribution in [0.1, 0.15) is 44.9 Å². The molecule has 0 aromatic rings. The quantitative estimate of drug-likeness (QED) is 0.697. The second-order valence-corrected chi connectivity index (χ2v) is 5.98. The summed E-state index contributed by atoms with van der Waals surface area (Å²) in [6.45, 7) is 1.15. The van der Waals surface area contributed by atoms with Crippen LogP contribution in [0.2, 0.25) is 0 Å². The zero-order valence-corrected chi connectivity index (χ0v) is 11.4. The van der Waals surface area contributed by atoms with E-state index in [1.54, 1.807) is 0 Å². The molecule has 2 rings (SSSR count). The Morgan fingerprint density at radius 1 is 1.37 bits per heavy atom. The molecule has 19 heavy (non-hydrogen) atoms. The predicted molar refractivity (Wildman–Crippen MR) is 71.3 cm³/mol. The van der Waals surface area contributed by atoms with Gasteiger partial charge >= 0.3 is 0 Å². The van der Waals surface area contributed by atoms with E-state index < -0.39 is 0 Å². The molecule has 0 radical (unpaired) electrons. The Morgan fingerprint density at radius 3 is 2.68 bits per heavy atom. The van der Waals surface area contributed by atoms with Crippen molar-refractivity contribution in [2.75, 3.05) is 19.7 Å². The standard InChI is InChI=1S/C14H24N2O3/c17-10-14(6-2-1-3-7-14)9-16-13(19)11-4-5-12(18)15-8-11/h11,17H,1-10H2,(H,15,18)(H,16,19). The summed E-state index contributed by atoms with van der Waals surface area (Å²) >= 11 is 0. The SMILES string of the molecule is O=C1CCC(C(=O)NCC2(CO)CCCCC2)CN1. The molecule has 5 nitrogen and oxygen atoms in total. The fraction of sp³-hybridized carbons (Fsp3) is 0.857. The van der Waals surface area contributed by atoms with E-state index in [1.165, 1.54) is 6.42 Å². The van der Waals surface area contributed by atoms with Crippen LogP contribution in [0.25, 0.3) is 0 Å². The average molecular weight is 268 g/mol. The van der Waals surface area contributed by atoms with Gasteiger partial charge in [0.25, 0.3) is 0 Å². The number of nitrogens with one attached hydrogen (secondary N) is 2. The van der Waals surface area contributed by atoms with E-state index in [2.05, 4.69) is 10.6 Å². The summed E-state index contributed by atoms with van der Waals surface area (Å²) in [6.07, 6.45) is 6.54. The van der Waals surface area contributed by atoms with E-state index in [-0.39, 0.29) is 29.8 Å². The molecule has 5 heteroatoms. The molecule has 1 unspecified atom stereocenters. The highest BCUT2D eigenvalue weighted by Crippen LogP contribution is 2.35. The summed E-state index contributed by atoms with van der Waals surface area (Å²) in [4.78, 5) is 23.1. The molecule has 108 valence electrons. The Morgan fingerprint density at radius 2 is 2.11 bits per heavy atom. The van der Waals surface area contributed by atoms with Crippen molar-refractivity contribution in [3.63, 3.8) is 0 Å². The topological polar surface area (TPSA) is 78.4 Å². The summed E-state index contributed by atoms with van der Waals surface area (Å²) < 4.78 is 0. The van der Waals surface area contributed by atoms with Crippen molar-refractivity contribution in [3.05, 3.63) is 0 Å². The first-order chi connectivity index (χ1) is 9.15. The number of piperidine rings is 1. The van der Waals surface area contributed by atoms with Gasteiger partial charge in [-0.15, -0.1) is 0 Å². The van der Waals surface area contributed by atoms with E-state index in [0.29, 0.717) is 25.9 Å². The minimum atomic E-state index is -0.119. The molecule has 0 aromatic heterocycles. The molecule has 0 bridgehead atoms. The van der Waals surface area contributed by atoms with Crippen LogP contribution >= 0.6 is 0 Å². The van der Waals surface area contributed by atoms with Gasteiger partial charge in [-0.2, -0.15) is 0 Å². The van der Waals surface area contributed by atoms with Crippen LogP contribution in [-0.4, -0.2) is 36.6 Å². The van der Waals surface area contributed by atoms with E-state index in [4.69, 9.17) is 0 Å². The van der Waals surface area contributed by atoms with Crippen LogP contribution in [-0.2, 0) is 9.59 Å². The molecular weight excluding hydrogens is 244 g/mol. The molecule has 2 amide bonds. The highest BCUT2D eigenvalue weighted by atomic mass is 16.3. The maximum atomic E-state index is 12.1. The lowest BCUT2D eigenvalue weighted by atomic mass is 9.74. The van der Waals surface area contributed by atoms with Crippen LogP contribution in [0.3, 0.4) is 0 Å². The maximum absolute atomic E-state index is 12.1. The summed E-state index contributed by atoms with van der Waals surface area (Å²) in [6, 6.07) is 0. The van der Waals surface area contributed by atoms with Crippen molar-refractivity contribution < 1.29 is 14.7 Å². The van der Waals surface area contributed by atoms with Crippen LogP contribution in [0.5, 0.6) is 0 Å². The molecule has 1 aliphatic heterocycles. The summed E-state index contributed by atoms with van der Waals surface area (Å²) in [7, 11) is 0. The van der Waals surface area contributed by atoms with Crippen molar-refractivity contribution in [2.24, 2.45) is 11.3 Å². The Bertz CT molecular complexity index is 328. The molecule has 1 heterocycles. The highest BCUT2D eigenvalue weighted by molar-refractivity contribution is 5.83. The smallest absolute Gasteiger partial charge is 0.224 e. The van der Waals surface area contributed by atoms with Crippen molar-refractivity contribution in [1.29, 1.82) is 0 Å². The van der Waals surface area contributed by atoms with Gasteiger partial charge in [0, 0.05) is 24.9 Å². The van der Waals surface area contributed by atoms with Gasteiger partial charge in [0.15, 0.2) is 0 Å². The zero-order valence-electron chi connectivity index (χ0n) is 11.4. The first-order valence-electron chi connectivity index (χ1n) is 7.30. The second-order valence-electron chi connectivity index (χ2n) is 5.98. The maximum Gasteiger partial charge on any atom is 0.224 e.